The van der Waals surface area contributed by atoms with Gasteiger partial charge in [-0.2, -0.15) is 0 Å². The molecule has 0 aliphatic rings. The summed E-state index contributed by atoms with van der Waals surface area (Å²) < 4.78 is 12.8. The van der Waals surface area contributed by atoms with Gasteiger partial charge in [-0.1, -0.05) is 11.8 Å². The number of nitrogen functional groups attached to an aromatic ring is 1. The summed E-state index contributed by atoms with van der Waals surface area (Å²) in [6.07, 6.45) is 0. The second-order valence-corrected chi connectivity index (χ2v) is 5.31. The second kappa shape index (κ2) is 6.92. The van der Waals surface area contributed by atoms with Crippen LogP contribution in [0.1, 0.15) is 10.4 Å². The molecule has 120 valence electrons. The van der Waals surface area contributed by atoms with Crippen LogP contribution in [0.2, 0.25) is 0 Å². The van der Waals surface area contributed by atoms with Crippen LogP contribution in [0.4, 0.5) is 15.9 Å². The van der Waals surface area contributed by atoms with E-state index in [1.54, 1.807) is 0 Å². The Bertz CT molecular complexity index is 806. The number of nitrogens with one attached hydrogen (secondary N) is 2. The number of hydrogen-bond donors (Lipinski definition) is 4. The van der Waals surface area contributed by atoms with Gasteiger partial charge < -0.3 is 16.8 Å². The van der Waals surface area contributed by atoms with Gasteiger partial charge in [0.05, 0.1) is 5.75 Å². The first kappa shape index (κ1) is 16.5. The van der Waals surface area contributed by atoms with Crippen molar-refractivity contribution in [3.8, 4) is 0 Å². The fourth-order valence-electron chi connectivity index (χ4n) is 1.58. The van der Waals surface area contributed by atoms with Crippen LogP contribution in [0, 0.1) is 5.82 Å². The summed E-state index contributed by atoms with van der Waals surface area (Å²) in [5, 5.41) is 2.42. The van der Waals surface area contributed by atoms with Crippen LogP contribution in [0.5, 0.6) is 0 Å². The van der Waals surface area contributed by atoms with E-state index in [-0.39, 0.29) is 28.0 Å². The van der Waals surface area contributed by atoms with Crippen molar-refractivity contribution < 1.29 is 14.0 Å². The molecular formula is C13H12FN5O3S. The largest absolute Gasteiger partial charge is 0.382 e. The topological polar surface area (TPSA) is 144 Å². The van der Waals surface area contributed by atoms with Crippen molar-refractivity contribution in [2.45, 2.75) is 5.16 Å². The van der Waals surface area contributed by atoms with E-state index in [4.69, 9.17) is 11.5 Å². The lowest BCUT2D eigenvalue weighted by molar-refractivity contribution is -0.115. The molecule has 0 radical (unpaired) electrons. The van der Waals surface area contributed by atoms with E-state index in [0.29, 0.717) is 0 Å². The van der Waals surface area contributed by atoms with E-state index in [1.165, 1.54) is 12.1 Å². The van der Waals surface area contributed by atoms with E-state index >= 15 is 0 Å². The molecule has 0 bridgehead atoms. The van der Waals surface area contributed by atoms with Crippen molar-refractivity contribution in [2.24, 2.45) is 5.73 Å². The van der Waals surface area contributed by atoms with Crippen molar-refractivity contribution in [2.75, 3.05) is 16.8 Å². The Kier molecular flexibility index (Phi) is 4.96. The van der Waals surface area contributed by atoms with Gasteiger partial charge in [0.25, 0.3) is 11.5 Å². The summed E-state index contributed by atoms with van der Waals surface area (Å²) in [6, 6.07) is 4.76. The van der Waals surface area contributed by atoms with Crippen molar-refractivity contribution in [3.63, 3.8) is 0 Å². The molecule has 0 saturated carbocycles. The van der Waals surface area contributed by atoms with Gasteiger partial charge in [0, 0.05) is 5.56 Å². The number of nitrogens with zero attached hydrogens (tertiary/aromatic N) is 1. The molecule has 0 atom stereocenters. The van der Waals surface area contributed by atoms with Gasteiger partial charge in [0.2, 0.25) is 5.91 Å². The fourth-order valence-corrected chi connectivity index (χ4v) is 2.19. The summed E-state index contributed by atoms with van der Waals surface area (Å²) in [7, 11) is 0. The Morgan fingerprint density at radius 3 is 2.52 bits per heavy atom. The van der Waals surface area contributed by atoms with E-state index in [2.05, 4.69) is 15.3 Å². The summed E-state index contributed by atoms with van der Waals surface area (Å²) in [4.78, 5) is 40.9. The van der Waals surface area contributed by atoms with Crippen LogP contribution in [-0.2, 0) is 4.79 Å². The lowest BCUT2D eigenvalue weighted by atomic mass is 10.2. The normalized spacial score (nSPS) is 10.3. The van der Waals surface area contributed by atoms with Gasteiger partial charge in [0.15, 0.2) is 11.0 Å². The molecule has 0 aliphatic carbocycles. The predicted molar refractivity (Wildman–Crippen MR) is 83.5 cm³/mol. The highest BCUT2D eigenvalue weighted by Crippen LogP contribution is 2.17. The SMILES string of the molecule is NC(=O)CSc1nc(N)c(NC(=O)c2ccc(F)cc2)c(=O)[nH]1. The third-order valence-electron chi connectivity index (χ3n) is 2.62. The maximum absolute atomic E-state index is 12.8. The minimum absolute atomic E-state index is 0.0797. The first-order valence-electron chi connectivity index (χ1n) is 6.24. The molecular weight excluding hydrogens is 325 g/mol. The molecule has 2 amide bonds. The third-order valence-corrected chi connectivity index (χ3v) is 3.52. The van der Waals surface area contributed by atoms with Crippen molar-refractivity contribution in [3.05, 3.63) is 46.0 Å². The molecule has 0 fully saturated rings. The number of aromatic amines is 1. The van der Waals surface area contributed by atoms with Crippen LogP contribution in [0.25, 0.3) is 0 Å². The maximum Gasteiger partial charge on any atom is 0.277 e. The maximum atomic E-state index is 12.8. The van der Waals surface area contributed by atoms with Crippen molar-refractivity contribution in [1.29, 1.82) is 0 Å². The quantitative estimate of drug-likeness (QED) is 0.457. The van der Waals surface area contributed by atoms with E-state index < -0.39 is 23.2 Å². The molecule has 10 heteroatoms. The number of nitrogens with two attached hydrogens (primary N) is 2. The highest BCUT2D eigenvalue weighted by molar-refractivity contribution is 7.99. The Morgan fingerprint density at radius 2 is 1.96 bits per heavy atom. The number of hydrogen-bond acceptors (Lipinski definition) is 6. The number of carbonyl (C=O) groups is 2. The van der Waals surface area contributed by atoms with Crippen LogP contribution < -0.4 is 22.3 Å². The first-order chi connectivity index (χ1) is 10.9. The zero-order valence-electron chi connectivity index (χ0n) is 11.6. The molecule has 8 nitrogen and oxygen atoms in total. The zero-order valence-corrected chi connectivity index (χ0v) is 12.4. The number of benzene rings is 1. The van der Waals surface area contributed by atoms with Crippen LogP contribution in [-0.4, -0.2) is 27.5 Å². The smallest absolute Gasteiger partial charge is 0.277 e. The van der Waals surface area contributed by atoms with E-state index in [9.17, 15) is 18.8 Å². The number of primary amides is 1. The molecule has 23 heavy (non-hydrogen) atoms. The predicted octanol–water partition coefficient (Wildman–Crippen LogP) is 0.321. The number of amides is 2. The molecule has 0 aliphatic heterocycles. The number of thioether (sulfide) groups is 1. The summed E-state index contributed by atoms with van der Waals surface area (Å²) in [6.45, 7) is 0. The molecule has 1 aromatic heterocycles. The van der Waals surface area contributed by atoms with Crippen LogP contribution in [0.15, 0.2) is 34.2 Å². The average Bonchev–Trinajstić information content (AvgIpc) is 2.49. The van der Waals surface area contributed by atoms with Gasteiger partial charge in [0.1, 0.15) is 11.5 Å². The second-order valence-electron chi connectivity index (χ2n) is 4.35. The minimum atomic E-state index is -0.681. The summed E-state index contributed by atoms with van der Waals surface area (Å²) in [5.41, 5.74) is 9.87. The minimum Gasteiger partial charge on any atom is -0.382 e. The molecule has 2 aromatic rings. The number of anilines is 2. The molecule has 0 spiro atoms. The van der Waals surface area contributed by atoms with Crippen molar-refractivity contribution >= 4 is 35.1 Å². The van der Waals surface area contributed by atoms with E-state index in [0.717, 1.165) is 23.9 Å². The molecule has 0 unspecified atom stereocenters. The highest BCUT2D eigenvalue weighted by atomic mass is 32.2. The number of aromatic nitrogens is 2. The lowest BCUT2D eigenvalue weighted by Gasteiger charge is -2.08. The van der Waals surface area contributed by atoms with Gasteiger partial charge in [-0.3, -0.25) is 19.4 Å². The van der Waals surface area contributed by atoms with Crippen LogP contribution in [0.3, 0.4) is 0 Å². The van der Waals surface area contributed by atoms with E-state index in [1.807, 2.05) is 0 Å². The monoisotopic (exact) mass is 337 g/mol. The van der Waals surface area contributed by atoms with Gasteiger partial charge in [-0.25, -0.2) is 9.37 Å². The molecule has 1 heterocycles. The lowest BCUT2D eigenvalue weighted by Crippen LogP contribution is -2.23. The number of halogens is 1. The fraction of sp³-hybridized carbons (Fsp3) is 0.0769. The zero-order chi connectivity index (χ0) is 17.0. The van der Waals surface area contributed by atoms with Crippen molar-refractivity contribution in [1.82, 2.24) is 9.97 Å². The van der Waals surface area contributed by atoms with Gasteiger partial charge in [-0.15, -0.1) is 0 Å². The Morgan fingerprint density at radius 1 is 1.30 bits per heavy atom. The first-order valence-corrected chi connectivity index (χ1v) is 7.23. The standard InChI is InChI=1S/C13H12FN5O3S/c14-7-3-1-6(2-4-7)11(21)17-9-10(16)18-13(19-12(9)22)23-5-8(15)20/h1-4H,5H2,(H2,15,20)(H,17,21)(H3,16,18,19,22). The molecule has 0 saturated heterocycles. The average molecular weight is 337 g/mol. The molecule has 2 rings (SSSR count). The number of H-pyrrole nitrogens is 1. The highest BCUT2D eigenvalue weighted by Gasteiger charge is 2.14. The Balaban J connectivity index is 2.20. The Labute approximate surface area is 133 Å². The summed E-state index contributed by atoms with van der Waals surface area (Å²) in [5.74, 6) is -2.00. The van der Waals surface area contributed by atoms with Crippen LogP contribution >= 0.6 is 11.8 Å². The Hall–Kier alpha value is -2.88. The third kappa shape index (κ3) is 4.30. The molecule has 6 N–H and O–H groups in total. The summed E-state index contributed by atoms with van der Waals surface area (Å²) >= 11 is 0.907. The molecule has 1 aromatic carbocycles. The number of rotatable bonds is 5. The van der Waals surface area contributed by atoms with Gasteiger partial charge >= 0.3 is 0 Å². The van der Waals surface area contributed by atoms with Gasteiger partial charge in [-0.05, 0) is 24.3 Å². The number of carbonyl (C=O) groups excluding carboxylic acids is 2.